The molecule has 1 amide bonds. The molecule has 1 aliphatic carbocycles. The maximum Gasteiger partial charge on any atom is 0.224 e. The first-order chi connectivity index (χ1) is 20.1. The van der Waals surface area contributed by atoms with Crippen molar-refractivity contribution in [1.29, 1.82) is 0 Å². The number of phenolic OH excluding ortho intramolecular Hbond substituents is 1. The number of anilines is 3. The van der Waals surface area contributed by atoms with Crippen LogP contribution in [0.3, 0.4) is 0 Å². The lowest BCUT2D eigenvalue weighted by Crippen LogP contribution is -2.25. The fourth-order valence-corrected chi connectivity index (χ4v) is 5.80. The fourth-order valence-electron chi connectivity index (χ4n) is 5.80. The van der Waals surface area contributed by atoms with E-state index in [1.165, 1.54) is 18.4 Å². The van der Waals surface area contributed by atoms with Crippen LogP contribution >= 0.6 is 0 Å². The van der Waals surface area contributed by atoms with Gasteiger partial charge in [0.2, 0.25) is 5.91 Å². The number of benzene rings is 3. The van der Waals surface area contributed by atoms with E-state index >= 15 is 0 Å². The van der Waals surface area contributed by atoms with Crippen molar-refractivity contribution in [2.24, 2.45) is 0 Å². The van der Waals surface area contributed by atoms with Crippen LogP contribution in [0.15, 0.2) is 54.6 Å². The highest BCUT2D eigenvalue weighted by atomic mass is 16.5. The number of ether oxygens (including phenoxy) is 1. The normalized spacial score (nSPS) is 14.8. The monoisotopic (exact) mass is 551 g/mol. The van der Waals surface area contributed by atoms with Gasteiger partial charge in [-0.1, -0.05) is 19.1 Å². The average molecular weight is 552 g/mol. The molecule has 0 unspecified atom stereocenters. The molecule has 6 rings (SSSR count). The van der Waals surface area contributed by atoms with Crippen molar-refractivity contribution in [1.82, 2.24) is 14.9 Å². The van der Waals surface area contributed by atoms with Gasteiger partial charge in [0.05, 0.1) is 5.52 Å². The smallest absolute Gasteiger partial charge is 0.224 e. The van der Waals surface area contributed by atoms with Crippen molar-refractivity contribution in [2.45, 2.75) is 51.9 Å². The molecule has 1 aromatic heterocycles. The van der Waals surface area contributed by atoms with Crippen LogP contribution < -0.4 is 15.4 Å². The Morgan fingerprint density at radius 1 is 1.00 bits per heavy atom. The van der Waals surface area contributed by atoms with Crippen molar-refractivity contribution < 1.29 is 14.6 Å². The van der Waals surface area contributed by atoms with E-state index in [9.17, 15) is 9.90 Å². The molecule has 0 bridgehead atoms. The molecule has 4 aromatic rings. The van der Waals surface area contributed by atoms with E-state index in [2.05, 4.69) is 21.6 Å². The minimum absolute atomic E-state index is 0.0138. The molecule has 0 saturated carbocycles. The van der Waals surface area contributed by atoms with Crippen molar-refractivity contribution in [3.05, 3.63) is 65.7 Å². The Kier molecular flexibility index (Phi) is 8.00. The number of fused-ring (bicyclic) bond motifs is 2. The summed E-state index contributed by atoms with van der Waals surface area (Å²) in [5.41, 5.74) is 5.29. The number of rotatable bonds is 10. The van der Waals surface area contributed by atoms with Gasteiger partial charge >= 0.3 is 0 Å². The molecule has 2 heterocycles. The number of aromatic hydroxyl groups is 1. The van der Waals surface area contributed by atoms with Crippen LogP contribution in [0.5, 0.6) is 11.5 Å². The van der Waals surface area contributed by atoms with E-state index in [0.717, 1.165) is 78.8 Å². The quantitative estimate of drug-likeness (QED) is 0.208. The van der Waals surface area contributed by atoms with Gasteiger partial charge in [-0.3, -0.25) is 9.69 Å². The van der Waals surface area contributed by atoms with Gasteiger partial charge in [0.25, 0.3) is 0 Å². The predicted octanol–water partition coefficient (Wildman–Crippen LogP) is 6.45. The first kappa shape index (κ1) is 27.0. The third-order valence-corrected chi connectivity index (χ3v) is 7.88. The zero-order chi connectivity index (χ0) is 28.2. The number of amides is 1. The van der Waals surface area contributed by atoms with Crippen molar-refractivity contribution >= 4 is 34.0 Å². The third-order valence-electron chi connectivity index (χ3n) is 7.88. The topological polar surface area (TPSA) is 99.6 Å². The minimum Gasteiger partial charge on any atom is -0.508 e. The minimum atomic E-state index is -0.0138. The molecule has 41 heavy (non-hydrogen) atoms. The van der Waals surface area contributed by atoms with Crippen LogP contribution in [-0.4, -0.2) is 52.1 Å². The van der Waals surface area contributed by atoms with Crippen LogP contribution in [0.1, 0.15) is 50.2 Å². The maximum absolute atomic E-state index is 12.2. The van der Waals surface area contributed by atoms with E-state index in [-0.39, 0.29) is 5.91 Å². The molecule has 0 spiro atoms. The molecule has 8 heteroatoms. The highest BCUT2D eigenvalue weighted by Gasteiger charge is 2.18. The number of likely N-dealkylation sites (tertiary alicyclic amines) is 1. The Labute approximate surface area is 240 Å². The Bertz CT molecular complexity index is 1560. The van der Waals surface area contributed by atoms with Gasteiger partial charge in [0.15, 0.2) is 5.82 Å². The van der Waals surface area contributed by atoms with Crippen LogP contribution in [-0.2, 0) is 17.6 Å². The molecule has 0 atom stereocenters. The van der Waals surface area contributed by atoms with Gasteiger partial charge in [0, 0.05) is 41.4 Å². The maximum atomic E-state index is 12.2. The van der Waals surface area contributed by atoms with Crippen molar-refractivity contribution in [3.63, 3.8) is 0 Å². The highest BCUT2D eigenvalue weighted by Crippen LogP contribution is 2.36. The number of nitrogens with zero attached hydrogens (tertiary/aromatic N) is 3. The zero-order valence-electron chi connectivity index (χ0n) is 23.6. The first-order valence-electron chi connectivity index (χ1n) is 14.7. The second-order valence-corrected chi connectivity index (χ2v) is 11.0. The van der Waals surface area contributed by atoms with Gasteiger partial charge in [-0.05, 0) is 99.1 Å². The van der Waals surface area contributed by atoms with Gasteiger partial charge in [-0.25, -0.2) is 9.97 Å². The van der Waals surface area contributed by atoms with Gasteiger partial charge < -0.3 is 20.5 Å². The first-order valence-corrected chi connectivity index (χ1v) is 14.7. The number of carbonyl (C=O) groups is 1. The van der Waals surface area contributed by atoms with Gasteiger partial charge in [-0.15, -0.1) is 0 Å². The van der Waals surface area contributed by atoms with E-state index in [4.69, 9.17) is 14.7 Å². The molecule has 3 aromatic carbocycles. The number of hydrogen-bond acceptors (Lipinski definition) is 7. The second-order valence-electron chi connectivity index (χ2n) is 11.0. The molecule has 212 valence electrons. The summed E-state index contributed by atoms with van der Waals surface area (Å²) in [6, 6.07) is 17.4. The van der Waals surface area contributed by atoms with Gasteiger partial charge in [0.1, 0.15) is 23.9 Å². The number of aromatic nitrogens is 2. The van der Waals surface area contributed by atoms with Crippen molar-refractivity contribution in [2.75, 3.05) is 36.9 Å². The summed E-state index contributed by atoms with van der Waals surface area (Å²) in [4.78, 5) is 24.5. The molecule has 0 radical (unpaired) electrons. The number of phenols is 1. The molecule has 1 aliphatic heterocycles. The van der Waals surface area contributed by atoms with E-state index in [1.807, 2.05) is 49.4 Å². The highest BCUT2D eigenvalue weighted by molar-refractivity contribution is 5.94. The summed E-state index contributed by atoms with van der Waals surface area (Å²) in [5.74, 6) is 2.25. The number of aryl methyl sites for hydroxylation is 1. The molecular weight excluding hydrogens is 514 g/mol. The standard InChI is InChI=1S/C33H37N5O3/c1-2-7-31(40)34-24-10-5-9-23(19-24)32-36-29-13-12-26(41-17-16-38-14-3-4-15-38)21-28(29)33(37-32)35-25-18-22-8-6-11-27(22)30(39)20-25/h5,9-10,12-13,18-21,39H,2-4,6-8,11,14-17H2,1H3,(H,34,40)(H,35,36,37). The number of hydrogen-bond donors (Lipinski definition) is 3. The Morgan fingerprint density at radius 3 is 2.73 bits per heavy atom. The zero-order valence-corrected chi connectivity index (χ0v) is 23.6. The van der Waals surface area contributed by atoms with Crippen LogP contribution in [0, 0.1) is 0 Å². The molecule has 8 nitrogen and oxygen atoms in total. The van der Waals surface area contributed by atoms with E-state index < -0.39 is 0 Å². The molecule has 1 saturated heterocycles. The van der Waals surface area contributed by atoms with E-state index in [1.54, 1.807) is 6.07 Å². The summed E-state index contributed by atoms with van der Waals surface area (Å²) in [7, 11) is 0. The van der Waals surface area contributed by atoms with Crippen LogP contribution in [0.4, 0.5) is 17.2 Å². The Morgan fingerprint density at radius 2 is 1.88 bits per heavy atom. The lowest BCUT2D eigenvalue weighted by Gasteiger charge is -2.16. The second kappa shape index (κ2) is 12.1. The molecule has 2 aliphatic rings. The third kappa shape index (κ3) is 6.28. The lowest BCUT2D eigenvalue weighted by molar-refractivity contribution is -0.116. The van der Waals surface area contributed by atoms with Crippen LogP contribution in [0.2, 0.25) is 0 Å². The van der Waals surface area contributed by atoms with E-state index in [0.29, 0.717) is 36.1 Å². The summed E-state index contributed by atoms with van der Waals surface area (Å²) in [6.07, 6.45) is 6.70. The average Bonchev–Trinajstić information content (AvgIpc) is 3.66. The summed E-state index contributed by atoms with van der Waals surface area (Å²) < 4.78 is 6.14. The number of nitrogens with one attached hydrogen (secondary N) is 2. The predicted molar refractivity (Wildman–Crippen MR) is 163 cm³/mol. The molecule has 3 N–H and O–H groups in total. The summed E-state index contributed by atoms with van der Waals surface area (Å²) in [5, 5.41) is 17.9. The van der Waals surface area contributed by atoms with Crippen LogP contribution in [0.25, 0.3) is 22.3 Å². The fraction of sp³-hybridized carbons (Fsp3) is 0.364. The molecule has 1 fully saturated rings. The van der Waals surface area contributed by atoms with Gasteiger partial charge in [-0.2, -0.15) is 0 Å². The van der Waals surface area contributed by atoms with Crippen molar-refractivity contribution in [3.8, 4) is 22.9 Å². The lowest BCUT2D eigenvalue weighted by atomic mass is 10.1. The number of carbonyl (C=O) groups excluding carboxylic acids is 1. The summed E-state index contributed by atoms with van der Waals surface area (Å²) in [6.45, 7) is 5.81. The molecular formula is C33H37N5O3. The Balaban J connectivity index is 1.34. The summed E-state index contributed by atoms with van der Waals surface area (Å²) >= 11 is 0. The SMILES string of the molecule is CCCC(=O)Nc1cccc(-c2nc(Nc3cc(O)c4c(c3)CCC4)c3cc(OCCN4CCCC4)ccc3n2)c1. The Hall–Kier alpha value is -4.17. The largest absolute Gasteiger partial charge is 0.508 e.